The first-order chi connectivity index (χ1) is 8.51. The monoisotopic (exact) mass is 254 g/mol. The van der Waals surface area contributed by atoms with Gasteiger partial charge in [-0.05, 0) is 6.42 Å². The Morgan fingerprint density at radius 1 is 1.56 bits per heavy atom. The highest BCUT2D eigenvalue weighted by Gasteiger charge is 2.40. The van der Waals surface area contributed by atoms with E-state index < -0.39 is 24.1 Å². The Kier molecular flexibility index (Phi) is 4.98. The first-order valence-electron chi connectivity index (χ1n) is 5.91. The van der Waals surface area contributed by atoms with Gasteiger partial charge in [0.1, 0.15) is 6.04 Å². The number of terminal acetylenes is 1. The number of carbonyl (C=O) groups excluding carboxylic acids is 1. The second-order valence-electron chi connectivity index (χ2n) is 4.30. The van der Waals surface area contributed by atoms with Crippen molar-refractivity contribution in [2.24, 2.45) is 0 Å². The first kappa shape index (κ1) is 14.3. The molecule has 0 aromatic rings. The number of carboxylic acid groups (broad SMARTS) is 1. The standard InChI is InChI=1S/C12H18N2O4/c1-3-5-13(6-4-2)12(18)14-8-9(15)7-10(14)11(16)17/h1,9-10,15H,4-8H2,2H3,(H,16,17)/t9-,10-/m1/s1. The molecule has 2 N–H and O–H groups in total. The molecule has 1 fully saturated rings. The van der Waals surface area contributed by atoms with Gasteiger partial charge in [-0.25, -0.2) is 9.59 Å². The lowest BCUT2D eigenvalue weighted by atomic mass is 10.2. The van der Waals surface area contributed by atoms with Crippen molar-refractivity contribution in [1.82, 2.24) is 9.80 Å². The predicted molar refractivity (Wildman–Crippen MR) is 64.8 cm³/mol. The Bertz CT molecular complexity index is 364. The van der Waals surface area contributed by atoms with Crippen LogP contribution < -0.4 is 0 Å². The number of carboxylic acids is 1. The maximum Gasteiger partial charge on any atom is 0.326 e. The Hall–Kier alpha value is -1.74. The zero-order chi connectivity index (χ0) is 13.7. The van der Waals surface area contributed by atoms with Crippen molar-refractivity contribution in [3.8, 4) is 12.3 Å². The molecule has 18 heavy (non-hydrogen) atoms. The van der Waals surface area contributed by atoms with E-state index in [9.17, 15) is 14.7 Å². The Morgan fingerprint density at radius 2 is 2.22 bits per heavy atom. The molecule has 0 aromatic carbocycles. The van der Waals surface area contributed by atoms with E-state index in [-0.39, 0.29) is 19.5 Å². The fraction of sp³-hybridized carbons (Fsp3) is 0.667. The van der Waals surface area contributed by atoms with Gasteiger partial charge in [0.05, 0.1) is 12.6 Å². The van der Waals surface area contributed by atoms with Crippen LogP contribution in [-0.2, 0) is 4.79 Å². The molecular formula is C12H18N2O4. The van der Waals surface area contributed by atoms with Gasteiger partial charge < -0.3 is 20.0 Å². The molecule has 2 amide bonds. The molecule has 0 aromatic heterocycles. The molecular weight excluding hydrogens is 236 g/mol. The van der Waals surface area contributed by atoms with Crippen LogP contribution in [-0.4, -0.2) is 63.8 Å². The van der Waals surface area contributed by atoms with Crippen LogP contribution in [0.5, 0.6) is 0 Å². The number of aliphatic hydroxyl groups is 1. The number of amides is 2. The van der Waals surface area contributed by atoms with Gasteiger partial charge in [0, 0.05) is 19.5 Å². The maximum absolute atomic E-state index is 12.2. The molecule has 6 heteroatoms. The van der Waals surface area contributed by atoms with Crippen molar-refractivity contribution in [3.63, 3.8) is 0 Å². The lowest BCUT2D eigenvalue weighted by Crippen LogP contribution is -2.48. The van der Waals surface area contributed by atoms with Gasteiger partial charge in [-0.15, -0.1) is 6.42 Å². The summed E-state index contributed by atoms with van der Waals surface area (Å²) in [7, 11) is 0. The average Bonchev–Trinajstić information content (AvgIpc) is 2.70. The summed E-state index contributed by atoms with van der Waals surface area (Å²) >= 11 is 0. The molecule has 0 spiro atoms. The highest BCUT2D eigenvalue weighted by atomic mass is 16.4. The molecule has 1 aliphatic rings. The van der Waals surface area contributed by atoms with Crippen LogP contribution in [0.2, 0.25) is 0 Å². The number of nitrogens with zero attached hydrogens (tertiary/aromatic N) is 2. The summed E-state index contributed by atoms with van der Waals surface area (Å²) in [5, 5.41) is 18.5. The van der Waals surface area contributed by atoms with Gasteiger partial charge in [-0.1, -0.05) is 12.8 Å². The normalized spacial score (nSPS) is 22.6. The van der Waals surface area contributed by atoms with Crippen LogP contribution in [0.3, 0.4) is 0 Å². The smallest absolute Gasteiger partial charge is 0.326 e. The number of carbonyl (C=O) groups is 2. The largest absolute Gasteiger partial charge is 0.480 e. The summed E-state index contributed by atoms with van der Waals surface area (Å²) in [5.74, 6) is 1.28. The average molecular weight is 254 g/mol. The zero-order valence-corrected chi connectivity index (χ0v) is 10.4. The molecule has 0 unspecified atom stereocenters. The number of hydrogen-bond donors (Lipinski definition) is 2. The molecule has 2 atom stereocenters. The van der Waals surface area contributed by atoms with E-state index in [1.807, 2.05) is 6.92 Å². The van der Waals surface area contributed by atoms with E-state index >= 15 is 0 Å². The predicted octanol–water partition coefficient (Wildman–Crippen LogP) is -0.0286. The minimum absolute atomic E-state index is 0.0422. The van der Waals surface area contributed by atoms with Crippen LogP contribution >= 0.6 is 0 Å². The second-order valence-corrected chi connectivity index (χ2v) is 4.30. The lowest BCUT2D eigenvalue weighted by molar-refractivity contribution is -0.141. The highest BCUT2D eigenvalue weighted by molar-refractivity contribution is 5.83. The minimum Gasteiger partial charge on any atom is -0.480 e. The highest BCUT2D eigenvalue weighted by Crippen LogP contribution is 2.20. The maximum atomic E-state index is 12.2. The topological polar surface area (TPSA) is 81.1 Å². The van der Waals surface area contributed by atoms with E-state index in [0.717, 1.165) is 6.42 Å². The summed E-state index contributed by atoms with van der Waals surface area (Å²) in [5.41, 5.74) is 0. The van der Waals surface area contributed by atoms with Gasteiger partial charge in [0.25, 0.3) is 0 Å². The number of rotatable bonds is 4. The summed E-state index contributed by atoms with van der Waals surface area (Å²) < 4.78 is 0. The van der Waals surface area contributed by atoms with Crippen LogP contribution in [0.4, 0.5) is 4.79 Å². The zero-order valence-electron chi connectivity index (χ0n) is 10.4. The number of aliphatic carboxylic acids is 1. The van der Waals surface area contributed by atoms with Crippen LogP contribution in [0.15, 0.2) is 0 Å². The minimum atomic E-state index is -1.10. The van der Waals surface area contributed by atoms with E-state index in [1.54, 1.807) is 0 Å². The molecule has 1 heterocycles. The van der Waals surface area contributed by atoms with Crippen molar-refractivity contribution in [3.05, 3.63) is 0 Å². The third-order valence-corrected chi connectivity index (χ3v) is 2.86. The van der Waals surface area contributed by atoms with Crippen LogP contribution in [0.1, 0.15) is 19.8 Å². The van der Waals surface area contributed by atoms with Gasteiger partial charge in [-0.3, -0.25) is 0 Å². The summed E-state index contributed by atoms with van der Waals surface area (Å²) in [4.78, 5) is 25.8. The van der Waals surface area contributed by atoms with E-state index in [4.69, 9.17) is 11.5 Å². The van der Waals surface area contributed by atoms with Gasteiger partial charge in [0.2, 0.25) is 0 Å². The van der Waals surface area contributed by atoms with E-state index in [0.29, 0.717) is 6.54 Å². The fourth-order valence-corrected chi connectivity index (χ4v) is 2.06. The van der Waals surface area contributed by atoms with E-state index in [1.165, 1.54) is 9.80 Å². The van der Waals surface area contributed by atoms with Crippen molar-refractivity contribution in [2.75, 3.05) is 19.6 Å². The molecule has 0 bridgehead atoms. The lowest BCUT2D eigenvalue weighted by Gasteiger charge is -2.28. The Labute approximate surface area is 106 Å². The Morgan fingerprint density at radius 3 is 2.72 bits per heavy atom. The summed E-state index contributed by atoms with van der Waals surface area (Å²) in [6, 6.07) is -1.39. The van der Waals surface area contributed by atoms with Gasteiger partial charge in [0.15, 0.2) is 0 Å². The molecule has 0 aliphatic carbocycles. The fourth-order valence-electron chi connectivity index (χ4n) is 2.06. The summed E-state index contributed by atoms with van der Waals surface area (Å²) in [6.07, 6.45) is 5.21. The molecule has 0 saturated carbocycles. The molecule has 6 nitrogen and oxygen atoms in total. The first-order valence-corrected chi connectivity index (χ1v) is 5.91. The second kappa shape index (κ2) is 6.26. The molecule has 1 saturated heterocycles. The SMILES string of the molecule is C#CCN(CCC)C(=O)N1C[C@H](O)C[C@@H]1C(=O)O. The quantitative estimate of drug-likeness (QED) is 0.690. The summed E-state index contributed by atoms with van der Waals surface area (Å²) in [6.45, 7) is 2.57. The molecule has 1 rings (SSSR count). The number of aliphatic hydroxyl groups excluding tert-OH is 1. The van der Waals surface area contributed by atoms with Crippen LogP contribution in [0, 0.1) is 12.3 Å². The number of urea groups is 1. The third kappa shape index (κ3) is 3.14. The number of β-amino-alcohol motifs (C(OH)–C–C–N with tert-alkyl or cyclic N) is 1. The van der Waals surface area contributed by atoms with Gasteiger partial charge in [-0.2, -0.15) is 0 Å². The van der Waals surface area contributed by atoms with Crippen molar-refractivity contribution >= 4 is 12.0 Å². The molecule has 1 aliphatic heterocycles. The van der Waals surface area contributed by atoms with Crippen molar-refractivity contribution in [2.45, 2.75) is 31.9 Å². The van der Waals surface area contributed by atoms with Crippen molar-refractivity contribution in [1.29, 1.82) is 0 Å². The molecule has 0 radical (unpaired) electrons. The Balaban J connectivity index is 2.80. The molecule has 100 valence electrons. The van der Waals surface area contributed by atoms with Crippen LogP contribution in [0.25, 0.3) is 0 Å². The number of hydrogen-bond acceptors (Lipinski definition) is 3. The van der Waals surface area contributed by atoms with E-state index in [2.05, 4.69) is 5.92 Å². The number of likely N-dealkylation sites (tertiary alicyclic amines) is 1. The third-order valence-electron chi connectivity index (χ3n) is 2.86. The van der Waals surface area contributed by atoms with Crippen molar-refractivity contribution < 1.29 is 19.8 Å². The van der Waals surface area contributed by atoms with Gasteiger partial charge >= 0.3 is 12.0 Å².